The predicted molar refractivity (Wildman–Crippen MR) is 72.5 cm³/mol. The molecule has 0 radical (unpaired) electrons. The largest absolute Gasteiger partial charge is 0.507 e. The molecule has 0 bridgehead atoms. The number of carbonyl (C=O) groups excluding carboxylic acids is 1. The van der Waals surface area contributed by atoms with Crippen LogP contribution in [-0.2, 0) is 0 Å². The number of carbonyl (C=O) groups is 1. The molecule has 2 atom stereocenters. The molecule has 1 saturated heterocycles. The van der Waals surface area contributed by atoms with Gasteiger partial charge in [0.05, 0.1) is 4.47 Å². The van der Waals surface area contributed by atoms with Gasteiger partial charge in [0.15, 0.2) is 0 Å². The Kier molecular flexibility index (Phi) is 3.06. The van der Waals surface area contributed by atoms with Gasteiger partial charge < -0.3 is 10.0 Å². The summed E-state index contributed by atoms with van der Waals surface area (Å²) in [6.45, 7) is 1.78. The van der Waals surface area contributed by atoms with Crippen molar-refractivity contribution in [2.75, 3.05) is 13.1 Å². The number of nitrogens with zero attached hydrogens (tertiary/aromatic N) is 1. The Morgan fingerprint density at radius 3 is 2.56 bits per heavy atom. The Hall–Kier alpha value is -1.03. The lowest BCUT2D eigenvalue weighted by Gasteiger charge is -2.17. The molecule has 1 aromatic rings. The summed E-state index contributed by atoms with van der Waals surface area (Å²) in [5, 5.41) is 9.64. The minimum atomic E-state index is 0.0483. The Bertz CT molecular complexity index is 477. The van der Waals surface area contributed by atoms with Crippen LogP contribution in [0.25, 0.3) is 0 Å². The highest BCUT2D eigenvalue weighted by molar-refractivity contribution is 9.10. The van der Waals surface area contributed by atoms with E-state index in [-0.39, 0.29) is 11.7 Å². The minimum absolute atomic E-state index is 0.0483. The molecule has 1 aliphatic heterocycles. The van der Waals surface area contributed by atoms with Crippen LogP contribution >= 0.6 is 15.9 Å². The number of amides is 1. The lowest BCUT2D eigenvalue weighted by atomic mass is 10.0. The number of halogens is 1. The third-order valence-corrected chi connectivity index (χ3v) is 4.88. The number of likely N-dealkylation sites (tertiary alicyclic amines) is 1. The van der Waals surface area contributed by atoms with Gasteiger partial charge in [-0.3, -0.25) is 4.79 Å². The van der Waals surface area contributed by atoms with Crippen molar-refractivity contribution in [3.8, 4) is 5.75 Å². The maximum atomic E-state index is 12.3. The summed E-state index contributed by atoms with van der Waals surface area (Å²) in [5.74, 6) is 1.59. The second-order valence-electron chi connectivity index (χ2n) is 5.33. The van der Waals surface area contributed by atoms with Crippen molar-refractivity contribution >= 4 is 21.8 Å². The highest BCUT2D eigenvalue weighted by Gasteiger charge is 2.38. The van der Waals surface area contributed by atoms with Crippen LogP contribution in [0.2, 0.25) is 0 Å². The monoisotopic (exact) mass is 309 g/mol. The van der Waals surface area contributed by atoms with Gasteiger partial charge in [-0.2, -0.15) is 0 Å². The van der Waals surface area contributed by atoms with Gasteiger partial charge in [-0.15, -0.1) is 0 Å². The van der Waals surface area contributed by atoms with E-state index < -0.39 is 0 Å². The van der Waals surface area contributed by atoms with Crippen LogP contribution in [0.5, 0.6) is 5.75 Å². The normalized spacial score (nSPS) is 26.4. The molecule has 2 unspecified atom stereocenters. The average molecular weight is 310 g/mol. The predicted octanol–water partition coefficient (Wildman–Crippen LogP) is 3.03. The molecule has 0 spiro atoms. The Labute approximate surface area is 115 Å². The summed E-state index contributed by atoms with van der Waals surface area (Å²) in [6, 6.07) is 5.03. The number of rotatable bonds is 1. The van der Waals surface area contributed by atoms with Crippen LogP contribution in [0.1, 0.15) is 29.6 Å². The third kappa shape index (κ3) is 2.03. The molecule has 4 heteroatoms. The Morgan fingerprint density at radius 1 is 1.28 bits per heavy atom. The van der Waals surface area contributed by atoms with Crippen molar-refractivity contribution in [1.82, 2.24) is 4.90 Å². The number of benzene rings is 1. The topological polar surface area (TPSA) is 40.5 Å². The Balaban J connectivity index is 1.77. The first-order valence-corrected chi connectivity index (χ1v) is 7.22. The molecule has 1 aromatic carbocycles. The van der Waals surface area contributed by atoms with Crippen LogP contribution in [-0.4, -0.2) is 29.0 Å². The molecule has 1 aliphatic carbocycles. The molecule has 1 heterocycles. The average Bonchev–Trinajstić information content (AvgIpc) is 2.92. The van der Waals surface area contributed by atoms with Gasteiger partial charge in [-0.25, -0.2) is 0 Å². The van der Waals surface area contributed by atoms with Gasteiger partial charge in [0.25, 0.3) is 5.91 Å². The summed E-state index contributed by atoms with van der Waals surface area (Å²) in [5.41, 5.74) is 0.579. The molecule has 1 amide bonds. The van der Waals surface area contributed by atoms with Gasteiger partial charge in [-0.1, -0.05) is 6.42 Å². The zero-order valence-corrected chi connectivity index (χ0v) is 11.7. The maximum Gasteiger partial charge on any atom is 0.254 e. The van der Waals surface area contributed by atoms with Gasteiger partial charge in [-0.05, 0) is 58.8 Å². The summed E-state index contributed by atoms with van der Waals surface area (Å²) in [4.78, 5) is 14.3. The first-order valence-electron chi connectivity index (χ1n) is 6.43. The molecular weight excluding hydrogens is 294 g/mol. The molecule has 18 heavy (non-hydrogen) atoms. The number of phenols is 1. The fourth-order valence-electron chi connectivity index (χ4n) is 3.23. The molecule has 96 valence electrons. The SMILES string of the molecule is O=C(c1ccc(Br)c(O)c1)N1CC2CCCC2C1. The third-order valence-electron chi connectivity index (χ3n) is 4.21. The first-order chi connectivity index (χ1) is 8.65. The molecule has 2 aliphatic rings. The molecule has 3 nitrogen and oxygen atoms in total. The van der Waals surface area contributed by atoms with Crippen molar-refractivity contribution in [3.63, 3.8) is 0 Å². The molecule has 1 saturated carbocycles. The molecular formula is C14H16BrNO2. The smallest absolute Gasteiger partial charge is 0.254 e. The van der Waals surface area contributed by atoms with E-state index in [2.05, 4.69) is 15.9 Å². The van der Waals surface area contributed by atoms with E-state index in [9.17, 15) is 9.90 Å². The molecule has 3 rings (SSSR count). The van der Waals surface area contributed by atoms with E-state index in [0.29, 0.717) is 21.9 Å². The number of aromatic hydroxyl groups is 1. The molecule has 1 N–H and O–H groups in total. The van der Waals surface area contributed by atoms with E-state index in [1.165, 1.54) is 19.3 Å². The van der Waals surface area contributed by atoms with Crippen molar-refractivity contribution < 1.29 is 9.90 Å². The van der Waals surface area contributed by atoms with Gasteiger partial charge >= 0.3 is 0 Å². The summed E-state index contributed by atoms with van der Waals surface area (Å²) < 4.78 is 0.623. The maximum absolute atomic E-state index is 12.3. The molecule has 0 aromatic heterocycles. The van der Waals surface area contributed by atoms with Gasteiger partial charge in [0.2, 0.25) is 0 Å². The number of hydrogen-bond acceptors (Lipinski definition) is 2. The summed E-state index contributed by atoms with van der Waals surface area (Å²) in [7, 11) is 0. The number of fused-ring (bicyclic) bond motifs is 1. The fraction of sp³-hybridized carbons (Fsp3) is 0.500. The molecule has 2 fully saturated rings. The lowest BCUT2D eigenvalue weighted by Crippen LogP contribution is -2.29. The van der Waals surface area contributed by atoms with Crippen LogP contribution in [0, 0.1) is 11.8 Å². The Morgan fingerprint density at radius 2 is 1.94 bits per heavy atom. The van der Waals surface area contributed by atoms with Crippen molar-refractivity contribution in [2.24, 2.45) is 11.8 Å². The van der Waals surface area contributed by atoms with Crippen molar-refractivity contribution in [2.45, 2.75) is 19.3 Å². The van der Waals surface area contributed by atoms with Gasteiger partial charge in [0.1, 0.15) is 5.75 Å². The van der Waals surface area contributed by atoms with E-state index in [1.807, 2.05) is 4.90 Å². The van der Waals surface area contributed by atoms with Crippen molar-refractivity contribution in [1.29, 1.82) is 0 Å². The van der Waals surface area contributed by atoms with Gasteiger partial charge in [0, 0.05) is 18.7 Å². The first kappa shape index (κ1) is 12.0. The van der Waals surface area contributed by atoms with E-state index >= 15 is 0 Å². The fourth-order valence-corrected chi connectivity index (χ4v) is 3.48. The van der Waals surface area contributed by atoms with Crippen LogP contribution < -0.4 is 0 Å². The quantitative estimate of drug-likeness (QED) is 0.866. The zero-order chi connectivity index (χ0) is 12.7. The standard InChI is InChI=1S/C14H16BrNO2/c15-12-5-4-9(6-13(12)17)14(18)16-7-10-2-1-3-11(10)8-16/h4-6,10-11,17H,1-3,7-8H2. The van der Waals surface area contributed by atoms with E-state index in [4.69, 9.17) is 0 Å². The summed E-state index contributed by atoms with van der Waals surface area (Å²) >= 11 is 3.23. The van der Waals surface area contributed by atoms with Crippen LogP contribution in [0.15, 0.2) is 22.7 Å². The zero-order valence-electron chi connectivity index (χ0n) is 10.1. The van der Waals surface area contributed by atoms with Crippen molar-refractivity contribution in [3.05, 3.63) is 28.2 Å². The lowest BCUT2D eigenvalue weighted by molar-refractivity contribution is 0.0780. The second-order valence-corrected chi connectivity index (χ2v) is 6.18. The second kappa shape index (κ2) is 4.57. The minimum Gasteiger partial charge on any atom is -0.507 e. The summed E-state index contributed by atoms with van der Waals surface area (Å²) in [6.07, 6.45) is 3.84. The number of phenolic OH excluding ortho intramolecular Hbond substituents is 1. The highest BCUT2D eigenvalue weighted by atomic mass is 79.9. The van der Waals surface area contributed by atoms with Crippen LogP contribution in [0.4, 0.5) is 0 Å². The highest BCUT2D eigenvalue weighted by Crippen LogP contribution is 2.38. The number of hydrogen-bond donors (Lipinski definition) is 1. The van der Waals surface area contributed by atoms with E-state index in [1.54, 1.807) is 18.2 Å². The van der Waals surface area contributed by atoms with Crippen LogP contribution in [0.3, 0.4) is 0 Å². The van der Waals surface area contributed by atoms with E-state index in [0.717, 1.165) is 13.1 Å².